The second-order valence-electron chi connectivity index (χ2n) is 11.0. The van der Waals surface area contributed by atoms with Gasteiger partial charge in [-0.1, -0.05) is 26.8 Å². The normalized spacial score (nSPS) is 23.8. The standard InChI is InChI=1S/C28H40N2O4S/c1-18(2)26(31)29-15-13-22(14-16-29)30(27(32)21-11-9-19(3)10-12-21)23-17-24(35-25(23)28(33)34)20-7-5-4-6-8-20/h7,17-19,21-22H,4-6,8-16H2,1-3H3,(H,33,34). The molecule has 35 heavy (non-hydrogen) atoms. The predicted octanol–water partition coefficient (Wildman–Crippen LogP) is 6.21. The Morgan fingerprint density at radius 3 is 2.31 bits per heavy atom. The van der Waals surface area contributed by atoms with Crippen LogP contribution in [0.25, 0.3) is 5.57 Å². The molecule has 4 rings (SSSR count). The van der Waals surface area contributed by atoms with Crippen LogP contribution in [0.3, 0.4) is 0 Å². The van der Waals surface area contributed by atoms with Crippen LogP contribution in [0.5, 0.6) is 0 Å². The molecule has 2 aliphatic carbocycles. The Morgan fingerprint density at radius 2 is 1.74 bits per heavy atom. The van der Waals surface area contributed by atoms with Crippen molar-refractivity contribution >= 4 is 40.4 Å². The van der Waals surface area contributed by atoms with Gasteiger partial charge in [0.15, 0.2) is 0 Å². The Balaban J connectivity index is 1.66. The van der Waals surface area contributed by atoms with E-state index in [9.17, 15) is 19.5 Å². The molecule has 0 aromatic carbocycles. The third-order valence-electron chi connectivity index (χ3n) is 8.01. The molecule has 1 aromatic heterocycles. The van der Waals surface area contributed by atoms with Crippen molar-refractivity contribution in [2.75, 3.05) is 18.0 Å². The Labute approximate surface area is 213 Å². The van der Waals surface area contributed by atoms with Crippen LogP contribution in [0, 0.1) is 17.8 Å². The Kier molecular flexibility index (Phi) is 8.35. The van der Waals surface area contributed by atoms with E-state index in [4.69, 9.17) is 0 Å². The average molecular weight is 501 g/mol. The molecule has 2 amide bonds. The highest BCUT2D eigenvalue weighted by Crippen LogP contribution is 2.41. The molecule has 1 aliphatic heterocycles. The first kappa shape index (κ1) is 25.9. The molecule has 0 bridgehead atoms. The van der Waals surface area contributed by atoms with Crippen molar-refractivity contribution in [3.63, 3.8) is 0 Å². The molecule has 0 unspecified atom stereocenters. The van der Waals surface area contributed by atoms with Crippen molar-refractivity contribution in [2.24, 2.45) is 17.8 Å². The lowest BCUT2D eigenvalue weighted by molar-refractivity contribution is -0.135. The van der Waals surface area contributed by atoms with Crippen LogP contribution in [0.4, 0.5) is 5.69 Å². The maximum atomic E-state index is 14.0. The number of thiophene rings is 1. The molecule has 1 saturated heterocycles. The van der Waals surface area contributed by atoms with Crippen LogP contribution < -0.4 is 4.90 Å². The number of carboxylic acid groups (broad SMARTS) is 1. The second-order valence-corrected chi connectivity index (χ2v) is 12.0. The first-order chi connectivity index (χ1) is 16.8. The molecular weight excluding hydrogens is 460 g/mol. The number of amides is 2. The predicted molar refractivity (Wildman–Crippen MR) is 141 cm³/mol. The number of hydrogen-bond acceptors (Lipinski definition) is 4. The summed E-state index contributed by atoms with van der Waals surface area (Å²) >= 11 is 1.31. The van der Waals surface area contributed by atoms with Gasteiger partial charge in [0.05, 0.1) is 5.69 Å². The van der Waals surface area contributed by atoms with Crippen molar-refractivity contribution in [3.05, 3.63) is 21.9 Å². The van der Waals surface area contributed by atoms with Crippen LogP contribution in [-0.2, 0) is 9.59 Å². The molecule has 6 nitrogen and oxygen atoms in total. The van der Waals surface area contributed by atoms with Crippen molar-refractivity contribution < 1.29 is 19.5 Å². The Hall–Kier alpha value is -2.15. The van der Waals surface area contributed by atoms with E-state index in [-0.39, 0.29) is 34.6 Å². The largest absolute Gasteiger partial charge is 0.477 e. The molecule has 2 fully saturated rings. The topological polar surface area (TPSA) is 77.9 Å². The van der Waals surface area contributed by atoms with Crippen LogP contribution in [-0.4, -0.2) is 46.9 Å². The lowest BCUT2D eigenvalue weighted by Crippen LogP contribution is -2.51. The van der Waals surface area contributed by atoms with E-state index in [0.29, 0.717) is 37.5 Å². The van der Waals surface area contributed by atoms with Gasteiger partial charge >= 0.3 is 5.97 Å². The van der Waals surface area contributed by atoms with Crippen LogP contribution in [0.15, 0.2) is 12.1 Å². The van der Waals surface area contributed by atoms with Gasteiger partial charge in [0, 0.05) is 35.8 Å². The molecule has 0 spiro atoms. The molecule has 192 valence electrons. The number of carbonyl (C=O) groups excluding carboxylic acids is 2. The second kappa shape index (κ2) is 11.3. The van der Waals surface area contributed by atoms with E-state index in [1.807, 2.05) is 29.7 Å². The van der Waals surface area contributed by atoms with Crippen LogP contribution in [0.1, 0.15) is 99.5 Å². The summed E-state index contributed by atoms with van der Waals surface area (Å²) in [6.45, 7) is 7.29. The Bertz CT molecular complexity index is 966. The average Bonchev–Trinajstić information content (AvgIpc) is 3.30. The molecule has 1 aromatic rings. The highest BCUT2D eigenvalue weighted by molar-refractivity contribution is 7.15. The van der Waals surface area contributed by atoms with Gasteiger partial charge in [-0.15, -0.1) is 11.3 Å². The first-order valence-electron chi connectivity index (χ1n) is 13.4. The van der Waals surface area contributed by atoms with Gasteiger partial charge < -0.3 is 14.9 Å². The fourth-order valence-corrected chi connectivity index (χ4v) is 6.90. The van der Waals surface area contributed by atoms with Gasteiger partial charge in [0.1, 0.15) is 4.88 Å². The zero-order valence-electron chi connectivity index (χ0n) is 21.4. The highest BCUT2D eigenvalue weighted by Gasteiger charge is 2.38. The minimum absolute atomic E-state index is 0.0460. The van der Waals surface area contributed by atoms with Crippen molar-refractivity contribution in [1.29, 1.82) is 0 Å². The van der Waals surface area contributed by atoms with Gasteiger partial charge in [0.2, 0.25) is 11.8 Å². The summed E-state index contributed by atoms with van der Waals surface area (Å²) in [5, 5.41) is 10.1. The number of carbonyl (C=O) groups is 3. The van der Waals surface area contributed by atoms with E-state index in [2.05, 4.69) is 13.0 Å². The zero-order chi connectivity index (χ0) is 25.1. The maximum Gasteiger partial charge on any atom is 0.348 e. The molecule has 7 heteroatoms. The maximum absolute atomic E-state index is 14.0. The summed E-state index contributed by atoms with van der Waals surface area (Å²) in [6, 6.07) is 1.89. The number of likely N-dealkylation sites (tertiary alicyclic amines) is 1. The number of carboxylic acids is 1. The fraction of sp³-hybridized carbons (Fsp3) is 0.679. The van der Waals surface area contributed by atoms with Gasteiger partial charge in [-0.25, -0.2) is 4.79 Å². The quantitative estimate of drug-likeness (QED) is 0.504. The number of nitrogens with zero attached hydrogens (tertiary/aromatic N) is 2. The number of piperidine rings is 1. The Morgan fingerprint density at radius 1 is 1.06 bits per heavy atom. The molecule has 0 atom stereocenters. The van der Waals surface area contributed by atoms with Gasteiger partial charge in [-0.2, -0.15) is 0 Å². The zero-order valence-corrected chi connectivity index (χ0v) is 22.2. The lowest BCUT2D eigenvalue weighted by atomic mass is 9.82. The van der Waals surface area contributed by atoms with E-state index < -0.39 is 5.97 Å². The summed E-state index contributed by atoms with van der Waals surface area (Å²) in [4.78, 5) is 43.9. The summed E-state index contributed by atoms with van der Waals surface area (Å²) in [6.07, 6.45) is 11.7. The van der Waals surface area contributed by atoms with E-state index in [0.717, 1.165) is 49.8 Å². The summed E-state index contributed by atoms with van der Waals surface area (Å²) in [5.74, 6) is -0.199. The molecule has 0 radical (unpaired) electrons. The van der Waals surface area contributed by atoms with Gasteiger partial charge in [-0.3, -0.25) is 9.59 Å². The van der Waals surface area contributed by atoms with Crippen LogP contribution >= 0.6 is 11.3 Å². The molecule has 1 N–H and O–H groups in total. The summed E-state index contributed by atoms with van der Waals surface area (Å²) < 4.78 is 0. The summed E-state index contributed by atoms with van der Waals surface area (Å²) in [5.41, 5.74) is 1.78. The van der Waals surface area contributed by atoms with Crippen molar-refractivity contribution in [2.45, 2.75) is 91.0 Å². The molecule has 3 aliphatic rings. The van der Waals surface area contributed by atoms with Gasteiger partial charge in [0.25, 0.3) is 0 Å². The van der Waals surface area contributed by atoms with E-state index >= 15 is 0 Å². The number of hydrogen-bond donors (Lipinski definition) is 1. The van der Waals surface area contributed by atoms with Crippen molar-refractivity contribution in [3.8, 4) is 0 Å². The summed E-state index contributed by atoms with van der Waals surface area (Å²) in [7, 11) is 0. The number of allylic oxidation sites excluding steroid dienone is 2. The first-order valence-corrected chi connectivity index (χ1v) is 14.3. The minimum atomic E-state index is -0.963. The molecular formula is C28H40N2O4S. The smallest absolute Gasteiger partial charge is 0.348 e. The number of rotatable bonds is 6. The number of aromatic carboxylic acids is 1. The molecule has 2 heterocycles. The van der Waals surface area contributed by atoms with Gasteiger partial charge in [-0.05, 0) is 81.8 Å². The van der Waals surface area contributed by atoms with Crippen LogP contribution in [0.2, 0.25) is 0 Å². The highest BCUT2D eigenvalue weighted by atomic mass is 32.1. The van der Waals surface area contributed by atoms with E-state index in [1.54, 1.807) is 0 Å². The fourth-order valence-electron chi connectivity index (χ4n) is 5.84. The van der Waals surface area contributed by atoms with Crippen molar-refractivity contribution in [1.82, 2.24) is 4.90 Å². The number of anilines is 1. The third-order valence-corrected chi connectivity index (χ3v) is 9.20. The SMILES string of the molecule is CC1CCC(C(=O)N(c2cc(C3=CCCCC3)sc2C(=O)O)C2CCN(C(=O)C(C)C)CC2)CC1. The minimum Gasteiger partial charge on any atom is -0.477 e. The lowest BCUT2D eigenvalue weighted by Gasteiger charge is -2.41. The molecule has 1 saturated carbocycles. The monoisotopic (exact) mass is 500 g/mol. The third kappa shape index (κ3) is 5.82. The van der Waals surface area contributed by atoms with E-state index in [1.165, 1.54) is 23.3 Å².